The molecule has 1 aliphatic heterocycles. The summed E-state index contributed by atoms with van der Waals surface area (Å²) in [5.41, 5.74) is 2.40. The van der Waals surface area contributed by atoms with Gasteiger partial charge in [0.15, 0.2) is 0 Å². The minimum absolute atomic E-state index is 0.0921. The van der Waals surface area contributed by atoms with Crippen molar-refractivity contribution >= 4 is 29.1 Å². The molecule has 2 fully saturated rings. The summed E-state index contributed by atoms with van der Waals surface area (Å²) >= 11 is 0. The predicted molar refractivity (Wildman–Crippen MR) is 133 cm³/mol. The van der Waals surface area contributed by atoms with E-state index in [0.717, 1.165) is 22.5 Å². The molecule has 0 radical (unpaired) electrons. The summed E-state index contributed by atoms with van der Waals surface area (Å²) in [5.74, 6) is 0.116. The third-order valence-corrected chi connectivity index (χ3v) is 5.94. The van der Waals surface area contributed by atoms with E-state index in [2.05, 4.69) is 27.9 Å². The van der Waals surface area contributed by atoms with E-state index in [9.17, 15) is 18.8 Å². The Morgan fingerprint density at radius 2 is 2.00 bits per heavy atom. The Hall–Kier alpha value is -3.41. The standard InChI is InChI=1S/C12H18N4O3.C10H10FN.C4H8/c1-12(2)4-8(11(19)16-12)3-9(5-13)15-10(18)6-14-7-17;1-6-5-8-3-4-9(11)7(2)10(8)12-6;1-4-2-3-4/h7-9H,3-4,6H2,1-2H3,(H,14,17)(H,15,18)(H,16,19);3-5,12H,1-2H3;4H,2-3H2,1H3/t8-,9+;;/m1../s1. The second kappa shape index (κ2) is 12.3. The van der Waals surface area contributed by atoms with Crippen molar-refractivity contribution in [1.29, 1.82) is 5.26 Å². The van der Waals surface area contributed by atoms with Crippen LogP contribution in [0, 0.1) is 42.8 Å². The molecule has 2 heterocycles. The lowest BCUT2D eigenvalue weighted by atomic mass is 9.92. The van der Waals surface area contributed by atoms with E-state index in [1.54, 1.807) is 13.0 Å². The number of aryl methyl sites for hydroxylation is 2. The highest BCUT2D eigenvalue weighted by atomic mass is 19.1. The Morgan fingerprint density at radius 1 is 1.34 bits per heavy atom. The fourth-order valence-electron chi connectivity index (χ4n) is 3.82. The van der Waals surface area contributed by atoms with Crippen LogP contribution in [-0.2, 0) is 14.4 Å². The summed E-state index contributed by atoms with van der Waals surface area (Å²) in [6.45, 7) is 9.69. The maximum atomic E-state index is 13.0. The number of hydrogen-bond donors (Lipinski definition) is 4. The molecule has 0 unspecified atom stereocenters. The molecule has 1 saturated carbocycles. The number of rotatable bonds is 6. The van der Waals surface area contributed by atoms with Crippen LogP contribution < -0.4 is 16.0 Å². The molecule has 2 aliphatic rings. The van der Waals surface area contributed by atoms with Gasteiger partial charge in [-0.1, -0.05) is 19.8 Å². The lowest BCUT2D eigenvalue weighted by molar-refractivity contribution is -0.124. The molecule has 4 rings (SSSR count). The van der Waals surface area contributed by atoms with Crippen LogP contribution in [-0.4, -0.2) is 41.3 Å². The van der Waals surface area contributed by atoms with Crippen molar-refractivity contribution in [3.8, 4) is 6.07 Å². The number of halogens is 1. The number of fused-ring (bicyclic) bond motifs is 1. The third-order valence-electron chi connectivity index (χ3n) is 5.94. The van der Waals surface area contributed by atoms with Crippen molar-refractivity contribution in [3.63, 3.8) is 0 Å². The van der Waals surface area contributed by atoms with Crippen LogP contribution in [0.2, 0.25) is 0 Å². The second-order valence-corrected chi connectivity index (χ2v) is 10.0. The SMILES string of the molecule is CC1(C)C[C@@H](C[C@@H](C#N)NC(=O)CNC=O)C(=O)N1.CC1CC1.Cc1cc2ccc(F)c(C)c2[nH]1. The molecule has 4 N–H and O–H groups in total. The zero-order valence-electron chi connectivity index (χ0n) is 21.1. The molecule has 3 amide bonds. The fraction of sp³-hybridized carbons (Fsp3) is 0.538. The van der Waals surface area contributed by atoms with Crippen molar-refractivity contribution in [2.24, 2.45) is 11.8 Å². The number of nitrogens with zero attached hydrogens (tertiary/aromatic N) is 1. The number of hydrogen-bond acceptors (Lipinski definition) is 4. The Morgan fingerprint density at radius 3 is 2.51 bits per heavy atom. The number of carbonyl (C=O) groups is 3. The lowest BCUT2D eigenvalue weighted by Crippen LogP contribution is -2.41. The molecule has 1 saturated heterocycles. The van der Waals surface area contributed by atoms with Gasteiger partial charge in [-0.15, -0.1) is 0 Å². The summed E-state index contributed by atoms with van der Waals surface area (Å²) in [5, 5.41) is 17.6. The molecule has 1 aromatic heterocycles. The monoisotopic (exact) mass is 485 g/mol. The second-order valence-electron chi connectivity index (χ2n) is 10.0. The first kappa shape index (κ1) is 27.8. The highest BCUT2D eigenvalue weighted by molar-refractivity contribution is 5.84. The first-order chi connectivity index (χ1) is 16.5. The first-order valence-electron chi connectivity index (χ1n) is 11.9. The molecule has 2 atom stereocenters. The van der Waals surface area contributed by atoms with Crippen LogP contribution in [0.4, 0.5) is 4.39 Å². The molecule has 1 aliphatic carbocycles. The van der Waals surface area contributed by atoms with Gasteiger partial charge in [-0.05, 0) is 64.7 Å². The number of carbonyl (C=O) groups excluding carboxylic acids is 3. The number of amides is 3. The fourth-order valence-corrected chi connectivity index (χ4v) is 3.82. The molecular formula is C26H36FN5O3. The number of H-pyrrole nitrogens is 1. The van der Waals surface area contributed by atoms with Gasteiger partial charge in [0.1, 0.15) is 11.9 Å². The van der Waals surface area contributed by atoms with Crippen molar-refractivity contribution in [3.05, 3.63) is 35.3 Å². The summed E-state index contributed by atoms with van der Waals surface area (Å²) in [7, 11) is 0. The van der Waals surface area contributed by atoms with Crippen LogP contribution in [0.25, 0.3) is 10.9 Å². The molecule has 9 heteroatoms. The van der Waals surface area contributed by atoms with E-state index >= 15 is 0 Å². The maximum absolute atomic E-state index is 13.0. The van der Waals surface area contributed by atoms with E-state index in [4.69, 9.17) is 5.26 Å². The van der Waals surface area contributed by atoms with Crippen LogP contribution in [0.5, 0.6) is 0 Å². The summed E-state index contributed by atoms with van der Waals surface area (Å²) in [6, 6.07) is 6.54. The smallest absolute Gasteiger partial charge is 0.240 e. The van der Waals surface area contributed by atoms with Crippen molar-refractivity contribution < 1.29 is 18.8 Å². The average molecular weight is 486 g/mol. The number of aromatic amines is 1. The van der Waals surface area contributed by atoms with E-state index in [-0.39, 0.29) is 36.1 Å². The van der Waals surface area contributed by atoms with Gasteiger partial charge in [-0.25, -0.2) is 4.39 Å². The van der Waals surface area contributed by atoms with Crippen molar-refractivity contribution in [2.75, 3.05) is 6.54 Å². The highest BCUT2D eigenvalue weighted by Crippen LogP contribution is 2.28. The lowest BCUT2D eigenvalue weighted by Gasteiger charge is -2.17. The van der Waals surface area contributed by atoms with Gasteiger partial charge >= 0.3 is 0 Å². The Labute approximate surface area is 206 Å². The number of benzene rings is 1. The van der Waals surface area contributed by atoms with Gasteiger partial charge in [0.05, 0.1) is 18.1 Å². The predicted octanol–water partition coefficient (Wildman–Crippen LogP) is 3.39. The normalized spacial score (nSPS) is 18.7. The van der Waals surface area contributed by atoms with Gasteiger partial charge < -0.3 is 20.9 Å². The van der Waals surface area contributed by atoms with Gasteiger partial charge in [-0.3, -0.25) is 14.4 Å². The molecule has 35 heavy (non-hydrogen) atoms. The zero-order chi connectivity index (χ0) is 26.2. The van der Waals surface area contributed by atoms with Crippen LogP contribution in [0.3, 0.4) is 0 Å². The summed E-state index contributed by atoms with van der Waals surface area (Å²) < 4.78 is 13.0. The molecule has 8 nitrogen and oxygen atoms in total. The quantitative estimate of drug-likeness (QED) is 0.468. The molecule has 0 spiro atoms. The number of nitriles is 1. The molecular weight excluding hydrogens is 449 g/mol. The van der Waals surface area contributed by atoms with Gasteiger partial charge in [0.2, 0.25) is 18.2 Å². The molecule has 2 aromatic rings. The van der Waals surface area contributed by atoms with Crippen LogP contribution in [0.15, 0.2) is 18.2 Å². The number of nitrogens with one attached hydrogen (secondary N) is 4. The minimum atomic E-state index is -0.731. The summed E-state index contributed by atoms with van der Waals surface area (Å²) in [4.78, 5) is 36.3. The molecule has 0 bridgehead atoms. The minimum Gasteiger partial charge on any atom is -0.358 e. The zero-order valence-corrected chi connectivity index (χ0v) is 21.1. The van der Waals surface area contributed by atoms with E-state index in [1.807, 2.05) is 32.9 Å². The number of aromatic nitrogens is 1. The van der Waals surface area contributed by atoms with Crippen LogP contribution >= 0.6 is 0 Å². The van der Waals surface area contributed by atoms with Crippen molar-refractivity contribution in [2.45, 2.75) is 71.9 Å². The first-order valence-corrected chi connectivity index (χ1v) is 11.9. The Kier molecular flexibility index (Phi) is 9.81. The molecule has 190 valence electrons. The van der Waals surface area contributed by atoms with Gasteiger partial charge in [0, 0.05) is 28.1 Å². The Bertz CT molecular complexity index is 1080. The largest absolute Gasteiger partial charge is 0.358 e. The van der Waals surface area contributed by atoms with E-state index < -0.39 is 11.9 Å². The van der Waals surface area contributed by atoms with E-state index in [0.29, 0.717) is 18.4 Å². The highest BCUT2D eigenvalue weighted by Gasteiger charge is 2.38. The third kappa shape index (κ3) is 9.04. The van der Waals surface area contributed by atoms with Crippen molar-refractivity contribution in [1.82, 2.24) is 20.9 Å². The van der Waals surface area contributed by atoms with Gasteiger partial charge in [-0.2, -0.15) is 5.26 Å². The Balaban J connectivity index is 0.000000226. The molecule has 1 aromatic carbocycles. The van der Waals surface area contributed by atoms with Gasteiger partial charge in [0.25, 0.3) is 0 Å². The topological polar surface area (TPSA) is 127 Å². The van der Waals surface area contributed by atoms with E-state index in [1.165, 1.54) is 18.9 Å². The average Bonchev–Trinajstić information content (AvgIpc) is 3.40. The maximum Gasteiger partial charge on any atom is 0.240 e. The van der Waals surface area contributed by atoms with Crippen LogP contribution in [0.1, 0.15) is 57.7 Å². The summed E-state index contributed by atoms with van der Waals surface area (Å²) in [6.07, 6.45) is 4.29.